The third-order valence-corrected chi connectivity index (χ3v) is 4.94. The van der Waals surface area contributed by atoms with Crippen LogP contribution in [0.4, 0.5) is 0 Å². The lowest BCUT2D eigenvalue weighted by molar-refractivity contribution is 0.0921. The minimum absolute atomic E-state index is 0.125. The average molecular weight is 369 g/mol. The van der Waals surface area contributed by atoms with Crippen LogP contribution in [-0.2, 0) is 0 Å². The molecule has 144 valence electrons. The van der Waals surface area contributed by atoms with Crippen molar-refractivity contribution in [2.75, 3.05) is 33.4 Å². The molecule has 1 N–H and O–H groups in total. The topological polar surface area (TPSA) is 59.0 Å². The molecule has 3 rings (SSSR count). The first-order valence-corrected chi connectivity index (χ1v) is 9.46. The normalized spacial score (nSPS) is 17.0. The number of hydrogen-bond donors (Lipinski definition) is 1. The molecule has 0 aromatic heterocycles. The van der Waals surface area contributed by atoms with Crippen molar-refractivity contribution in [2.45, 2.75) is 25.3 Å². The highest BCUT2D eigenvalue weighted by Crippen LogP contribution is 2.33. The van der Waals surface area contributed by atoms with Gasteiger partial charge >= 0.3 is 0 Å². The summed E-state index contributed by atoms with van der Waals surface area (Å²) in [5, 5.41) is 8.89. The van der Waals surface area contributed by atoms with E-state index in [2.05, 4.69) is 17.0 Å². The number of hydrogen-bond acceptors (Lipinski definition) is 5. The molecule has 1 saturated heterocycles. The molecular formula is C22H27NO4. The van der Waals surface area contributed by atoms with Gasteiger partial charge in [0.1, 0.15) is 11.5 Å². The summed E-state index contributed by atoms with van der Waals surface area (Å²) in [6.07, 6.45) is 2.74. The Morgan fingerprint density at radius 1 is 1.19 bits per heavy atom. The largest absolute Gasteiger partial charge is 0.497 e. The Morgan fingerprint density at radius 3 is 2.74 bits per heavy atom. The summed E-state index contributed by atoms with van der Waals surface area (Å²) in [5.41, 5.74) is 1.89. The van der Waals surface area contributed by atoms with Crippen molar-refractivity contribution in [3.63, 3.8) is 0 Å². The fourth-order valence-corrected chi connectivity index (χ4v) is 3.51. The van der Waals surface area contributed by atoms with Gasteiger partial charge in [-0.25, -0.2) is 0 Å². The van der Waals surface area contributed by atoms with E-state index in [1.165, 1.54) is 5.56 Å². The van der Waals surface area contributed by atoms with E-state index < -0.39 is 0 Å². The van der Waals surface area contributed by atoms with E-state index in [0.717, 1.165) is 30.9 Å². The first-order chi connectivity index (χ1) is 13.2. The predicted molar refractivity (Wildman–Crippen MR) is 105 cm³/mol. The van der Waals surface area contributed by atoms with Crippen LogP contribution in [0.1, 0.15) is 41.2 Å². The van der Waals surface area contributed by atoms with Crippen molar-refractivity contribution >= 4 is 5.78 Å². The van der Waals surface area contributed by atoms with Gasteiger partial charge in [0.05, 0.1) is 20.3 Å². The van der Waals surface area contributed by atoms with Gasteiger partial charge in [0, 0.05) is 24.6 Å². The first kappa shape index (κ1) is 19.4. The number of rotatable bonds is 9. The van der Waals surface area contributed by atoms with E-state index in [1.54, 1.807) is 7.11 Å². The zero-order valence-corrected chi connectivity index (χ0v) is 15.8. The van der Waals surface area contributed by atoms with E-state index in [0.29, 0.717) is 25.1 Å². The number of ketones is 1. The summed E-state index contributed by atoms with van der Waals surface area (Å²) >= 11 is 0. The molecule has 5 nitrogen and oxygen atoms in total. The SMILES string of the molecule is COc1ccc(C(=O)CN2CCCC2c2cccc(OCCCO)c2)cc1. The minimum Gasteiger partial charge on any atom is -0.497 e. The van der Waals surface area contributed by atoms with Gasteiger partial charge in [-0.2, -0.15) is 0 Å². The first-order valence-electron chi connectivity index (χ1n) is 9.46. The van der Waals surface area contributed by atoms with Gasteiger partial charge in [-0.3, -0.25) is 9.69 Å². The highest BCUT2D eigenvalue weighted by Gasteiger charge is 2.28. The summed E-state index contributed by atoms with van der Waals surface area (Å²) < 4.78 is 10.9. The molecule has 2 aromatic carbocycles. The third kappa shape index (κ3) is 5.08. The maximum atomic E-state index is 12.7. The molecule has 0 aliphatic carbocycles. The predicted octanol–water partition coefficient (Wildman–Crippen LogP) is 3.48. The van der Waals surface area contributed by atoms with E-state index in [4.69, 9.17) is 14.6 Å². The number of ether oxygens (including phenoxy) is 2. The Labute approximate surface area is 160 Å². The summed E-state index contributed by atoms with van der Waals surface area (Å²) in [6, 6.07) is 15.6. The lowest BCUT2D eigenvalue weighted by Gasteiger charge is -2.24. The number of aliphatic hydroxyl groups is 1. The fraction of sp³-hybridized carbons (Fsp3) is 0.409. The van der Waals surface area contributed by atoms with Crippen LogP contribution in [0.25, 0.3) is 0 Å². The Balaban J connectivity index is 1.66. The second-order valence-electron chi connectivity index (χ2n) is 6.78. The maximum Gasteiger partial charge on any atom is 0.176 e. The monoisotopic (exact) mass is 369 g/mol. The number of methoxy groups -OCH3 is 1. The molecule has 5 heteroatoms. The van der Waals surface area contributed by atoms with E-state index in [-0.39, 0.29) is 18.4 Å². The average Bonchev–Trinajstić information content (AvgIpc) is 3.16. The Morgan fingerprint density at radius 2 is 2.00 bits per heavy atom. The van der Waals surface area contributed by atoms with Gasteiger partial charge in [-0.1, -0.05) is 12.1 Å². The van der Waals surface area contributed by atoms with Gasteiger partial charge in [-0.15, -0.1) is 0 Å². The fourth-order valence-electron chi connectivity index (χ4n) is 3.51. The van der Waals surface area contributed by atoms with Crippen LogP contribution >= 0.6 is 0 Å². The molecule has 1 unspecified atom stereocenters. The lowest BCUT2D eigenvalue weighted by atomic mass is 10.0. The van der Waals surface area contributed by atoms with Crippen LogP contribution in [-0.4, -0.2) is 49.2 Å². The van der Waals surface area contributed by atoms with Crippen molar-refractivity contribution in [3.05, 3.63) is 59.7 Å². The van der Waals surface area contributed by atoms with Gasteiger partial charge in [-0.05, 0) is 61.3 Å². The molecule has 1 aliphatic rings. The number of nitrogens with zero attached hydrogens (tertiary/aromatic N) is 1. The number of carbonyl (C=O) groups excluding carboxylic acids is 1. The van der Waals surface area contributed by atoms with Gasteiger partial charge in [0.2, 0.25) is 0 Å². The quantitative estimate of drug-likeness (QED) is 0.542. The van der Waals surface area contributed by atoms with Gasteiger partial charge < -0.3 is 14.6 Å². The van der Waals surface area contributed by atoms with Crippen LogP contribution in [0.5, 0.6) is 11.5 Å². The lowest BCUT2D eigenvalue weighted by Crippen LogP contribution is -2.29. The molecule has 1 fully saturated rings. The van der Waals surface area contributed by atoms with Crippen LogP contribution in [0.15, 0.2) is 48.5 Å². The highest BCUT2D eigenvalue weighted by molar-refractivity contribution is 5.97. The summed E-state index contributed by atoms with van der Waals surface area (Å²) in [6.45, 7) is 1.96. The standard InChI is InChI=1S/C22H27NO4/c1-26-19-10-8-17(9-11-19)22(25)16-23-12-3-7-21(23)18-5-2-6-20(15-18)27-14-4-13-24/h2,5-6,8-11,15,21,24H,3-4,7,12-14,16H2,1H3. The van der Waals surface area contributed by atoms with Gasteiger partial charge in [0.15, 0.2) is 5.78 Å². The van der Waals surface area contributed by atoms with Crippen molar-refractivity contribution < 1.29 is 19.4 Å². The maximum absolute atomic E-state index is 12.7. The van der Waals surface area contributed by atoms with Crippen LogP contribution < -0.4 is 9.47 Å². The Kier molecular flexibility index (Phi) is 6.85. The van der Waals surface area contributed by atoms with Gasteiger partial charge in [0.25, 0.3) is 0 Å². The number of benzene rings is 2. The second-order valence-corrected chi connectivity index (χ2v) is 6.78. The van der Waals surface area contributed by atoms with Crippen molar-refractivity contribution in [3.8, 4) is 11.5 Å². The Bertz CT molecular complexity index is 744. The summed E-state index contributed by atoms with van der Waals surface area (Å²) in [4.78, 5) is 14.9. The number of aliphatic hydroxyl groups excluding tert-OH is 1. The molecule has 1 aliphatic heterocycles. The zero-order chi connectivity index (χ0) is 19.1. The molecular weight excluding hydrogens is 342 g/mol. The van der Waals surface area contributed by atoms with Crippen LogP contribution in [0.3, 0.4) is 0 Å². The van der Waals surface area contributed by atoms with E-state index in [9.17, 15) is 4.79 Å². The highest BCUT2D eigenvalue weighted by atomic mass is 16.5. The molecule has 0 radical (unpaired) electrons. The Hall–Kier alpha value is -2.37. The zero-order valence-electron chi connectivity index (χ0n) is 15.8. The minimum atomic E-state index is 0.125. The molecule has 0 saturated carbocycles. The van der Waals surface area contributed by atoms with Crippen LogP contribution in [0.2, 0.25) is 0 Å². The molecule has 1 atom stereocenters. The summed E-state index contributed by atoms with van der Waals surface area (Å²) in [7, 11) is 1.62. The summed E-state index contributed by atoms with van der Waals surface area (Å²) in [5.74, 6) is 1.69. The van der Waals surface area contributed by atoms with E-state index >= 15 is 0 Å². The third-order valence-electron chi connectivity index (χ3n) is 4.94. The molecule has 2 aromatic rings. The van der Waals surface area contributed by atoms with Crippen molar-refractivity contribution in [1.29, 1.82) is 0 Å². The molecule has 1 heterocycles. The number of likely N-dealkylation sites (tertiary alicyclic amines) is 1. The van der Waals surface area contributed by atoms with Crippen molar-refractivity contribution in [1.82, 2.24) is 4.90 Å². The van der Waals surface area contributed by atoms with Crippen molar-refractivity contribution in [2.24, 2.45) is 0 Å². The number of Topliss-reactive ketones (excluding diaryl/α,β-unsaturated/α-hetero) is 1. The number of carbonyl (C=O) groups is 1. The van der Waals surface area contributed by atoms with Crippen LogP contribution in [0, 0.1) is 0 Å². The second kappa shape index (κ2) is 9.53. The smallest absolute Gasteiger partial charge is 0.176 e. The molecule has 0 amide bonds. The van der Waals surface area contributed by atoms with E-state index in [1.807, 2.05) is 36.4 Å². The molecule has 0 bridgehead atoms. The molecule has 27 heavy (non-hydrogen) atoms. The molecule has 0 spiro atoms.